The predicted molar refractivity (Wildman–Crippen MR) is 122 cm³/mol. The first-order valence-corrected chi connectivity index (χ1v) is 10.2. The number of aryl methyl sites for hydroxylation is 1. The van der Waals surface area contributed by atoms with Crippen molar-refractivity contribution in [2.75, 3.05) is 19.1 Å². The zero-order valence-corrected chi connectivity index (χ0v) is 18.3. The monoisotopic (exact) mass is 447 g/mol. The van der Waals surface area contributed by atoms with E-state index in [0.29, 0.717) is 11.4 Å². The van der Waals surface area contributed by atoms with E-state index in [4.69, 9.17) is 9.47 Å². The van der Waals surface area contributed by atoms with Crippen molar-refractivity contribution in [1.29, 1.82) is 0 Å². The van der Waals surface area contributed by atoms with E-state index in [0.717, 1.165) is 5.56 Å². The molecular formula is C26H22FNO5. The Morgan fingerprint density at radius 2 is 1.67 bits per heavy atom. The van der Waals surface area contributed by atoms with Gasteiger partial charge in [0.2, 0.25) is 0 Å². The van der Waals surface area contributed by atoms with Crippen LogP contribution in [0.15, 0.2) is 72.3 Å². The first kappa shape index (κ1) is 22.1. The first-order valence-electron chi connectivity index (χ1n) is 10.2. The van der Waals surface area contributed by atoms with Crippen LogP contribution >= 0.6 is 0 Å². The molecule has 0 bridgehead atoms. The minimum atomic E-state index is -1.17. The zero-order chi connectivity index (χ0) is 23.7. The molecule has 0 radical (unpaired) electrons. The summed E-state index contributed by atoms with van der Waals surface area (Å²) < 4.78 is 25.5. The van der Waals surface area contributed by atoms with Gasteiger partial charge in [-0.2, -0.15) is 0 Å². The maximum atomic E-state index is 14.9. The van der Waals surface area contributed by atoms with E-state index in [2.05, 4.69) is 0 Å². The summed E-state index contributed by atoms with van der Waals surface area (Å²) in [6, 6.07) is 16.3. The topological polar surface area (TPSA) is 76.1 Å². The van der Waals surface area contributed by atoms with E-state index in [-0.39, 0.29) is 22.4 Å². The second kappa shape index (κ2) is 8.78. The molecule has 1 atom stereocenters. The maximum absolute atomic E-state index is 14.9. The predicted octanol–water partition coefficient (Wildman–Crippen LogP) is 4.78. The Morgan fingerprint density at radius 1 is 0.970 bits per heavy atom. The van der Waals surface area contributed by atoms with Crippen LogP contribution in [0.2, 0.25) is 0 Å². The molecule has 0 spiro atoms. The van der Waals surface area contributed by atoms with Crippen LogP contribution in [0.25, 0.3) is 5.76 Å². The van der Waals surface area contributed by atoms with Crippen molar-refractivity contribution in [3.63, 3.8) is 0 Å². The summed E-state index contributed by atoms with van der Waals surface area (Å²) in [7, 11) is 2.89. The maximum Gasteiger partial charge on any atom is 0.300 e. The number of Topliss-reactive ketones (excluding diaryl/α,β-unsaturated/α-hetero) is 1. The summed E-state index contributed by atoms with van der Waals surface area (Å²) in [4.78, 5) is 27.5. The molecule has 1 amide bonds. The largest absolute Gasteiger partial charge is 0.507 e. The number of hydrogen-bond donors (Lipinski definition) is 1. The molecule has 1 saturated heterocycles. The van der Waals surface area contributed by atoms with Gasteiger partial charge >= 0.3 is 0 Å². The van der Waals surface area contributed by atoms with Crippen LogP contribution in [0.3, 0.4) is 0 Å². The van der Waals surface area contributed by atoms with Crippen LogP contribution in [-0.2, 0) is 9.59 Å². The number of methoxy groups -OCH3 is 2. The van der Waals surface area contributed by atoms with Crippen molar-refractivity contribution in [3.05, 3.63) is 94.8 Å². The van der Waals surface area contributed by atoms with Gasteiger partial charge in [0.1, 0.15) is 23.1 Å². The molecule has 1 unspecified atom stereocenters. The Morgan fingerprint density at radius 3 is 2.30 bits per heavy atom. The Hall–Kier alpha value is -4.13. The smallest absolute Gasteiger partial charge is 0.300 e. The number of nitrogens with zero attached hydrogens (tertiary/aromatic N) is 1. The fourth-order valence-electron chi connectivity index (χ4n) is 3.93. The Kier molecular flexibility index (Phi) is 5.87. The molecule has 3 aromatic carbocycles. The van der Waals surface area contributed by atoms with Crippen LogP contribution in [0.4, 0.5) is 10.1 Å². The molecular weight excluding hydrogens is 425 g/mol. The average Bonchev–Trinajstić information content (AvgIpc) is 3.09. The van der Waals surface area contributed by atoms with Crippen LogP contribution in [0, 0.1) is 12.7 Å². The summed E-state index contributed by atoms with van der Waals surface area (Å²) in [5.74, 6) is -2.13. The van der Waals surface area contributed by atoms with Gasteiger partial charge in [0.15, 0.2) is 0 Å². The third-order valence-electron chi connectivity index (χ3n) is 5.62. The minimum absolute atomic E-state index is 0.0892. The molecule has 1 fully saturated rings. The highest BCUT2D eigenvalue weighted by atomic mass is 19.1. The molecule has 1 heterocycles. The van der Waals surface area contributed by atoms with Crippen molar-refractivity contribution in [3.8, 4) is 11.5 Å². The number of hydrogen-bond acceptors (Lipinski definition) is 5. The van der Waals surface area contributed by atoms with E-state index in [1.165, 1.54) is 43.4 Å². The SMILES string of the molecule is COc1ccc(/C(O)=C2\C(=O)C(=O)N(c3ccc(C)cc3)C2c2ccccc2F)c(OC)c1. The normalized spacial score (nSPS) is 17.3. The van der Waals surface area contributed by atoms with Gasteiger partial charge in [-0.05, 0) is 37.3 Å². The van der Waals surface area contributed by atoms with Crippen molar-refractivity contribution >= 4 is 23.1 Å². The molecule has 6 nitrogen and oxygen atoms in total. The number of anilines is 1. The second-order valence-corrected chi connectivity index (χ2v) is 7.59. The highest BCUT2D eigenvalue weighted by Gasteiger charge is 2.48. The molecule has 0 aromatic heterocycles. The number of benzene rings is 3. The van der Waals surface area contributed by atoms with Crippen molar-refractivity contribution in [2.24, 2.45) is 0 Å². The molecule has 7 heteroatoms. The van der Waals surface area contributed by atoms with Crippen LogP contribution in [0.1, 0.15) is 22.7 Å². The van der Waals surface area contributed by atoms with Crippen molar-refractivity contribution in [1.82, 2.24) is 0 Å². The van der Waals surface area contributed by atoms with E-state index < -0.39 is 29.3 Å². The zero-order valence-electron chi connectivity index (χ0n) is 18.3. The Bertz CT molecular complexity index is 1270. The van der Waals surface area contributed by atoms with Crippen LogP contribution in [0.5, 0.6) is 11.5 Å². The molecule has 0 saturated carbocycles. The van der Waals surface area contributed by atoms with Gasteiger partial charge in [-0.15, -0.1) is 0 Å². The van der Waals surface area contributed by atoms with E-state index in [9.17, 15) is 19.1 Å². The van der Waals surface area contributed by atoms with Crippen molar-refractivity contribution < 1.29 is 28.6 Å². The average molecular weight is 447 g/mol. The molecule has 1 N–H and O–H groups in total. The fourth-order valence-corrected chi connectivity index (χ4v) is 3.93. The number of aliphatic hydroxyl groups is 1. The Labute approximate surface area is 190 Å². The Balaban J connectivity index is 1.98. The number of halogens is 1. The van der Waals surface area contributed by atoms with Gasteiger partial charge < -0.3 is 14.6 Å². The molecule has 0 aliphatic carbocycles. The van der Waals surface area contributed by atoms with Gasteiger partial charge in [-0.3, -0.25) is 14.5 Å². The third kappa shape index (κ3) is 3.82. The summed E-state index contributed by atoms with van der Waals surface area (Å²) >= 11 is 0. The van der Waals surface area contributed by atoms with Crippen LogP contribution in [-0.4, -0.2) is 31.0 Å². The first-order chi connectivity index (χ1) is 15.9. The highest BCUT2D eigenvalue weighted by Crippen LogP contribution is 2.44. The van der Waals surface area contributed by atoms with Gasteiger partial charge in [0.25, 0.3) is 11.7 Å². The lowest BCUT2D eigenvalue weighted by atomic mass is 9.94. The van der Waals surface area contributed by atoms with Gasteiger partial charge in [0, 0.05) is 17.3 Å². The number of carbonyl (C=O) groups excluding carboxylic acids is 2. The second-order valence-electron chi connectivity index (χ2n) is 7.59. The number of amides is 1. The quantitative estimate of drug-likeness (QED) is 0.346. The van der Waals surface area contributed by atoms with Gasteiger partial charge in [-0.25, -0.2) is 4.39 Å². The number of ether oxygens (including phenoxy) is 2. The van der Waals surface area contributed by atoms with Gasteiger partial charge in [0.05, 0.1) is 31.4 Å². The summed E-state index contributed by atoms with van der Waals surface area (Å²) in [5, 5.41) is 11.3. The lowest BCUT2D eigenvalue weighted by molar-refractivity contribution is -0.132. The molecule has 1 aliphatic rings. The number of ketones is 1. The van der Waals surface area contributed by atoms with Gasteiger partial charge in [-0.1, -0.05) is 35.9 Å². The number of rotatable bonds is 5. The van der Waals surface area contributed by atoms with Crippen LogP contribution < -0.4 is 14.4 Å². The van der Waals surface area contributed by atoms with E-state index in [1.54, 1.807) is 42.5 Å². The standard InChI is InChI=1S/C26H22FNO5/c1-15-8-10-16(11-9-15)28-23(18-6-4-5-7-20(18)27)22(25(30)26(28)31)24(29)19-13-12-17(32-2)14-21(19)33-3/h4-14,23,29H,1-3H3/b24-22+. The summed E-state index contributed by atoms with van der Waals surface area (Å²) in [5.41, 5.74) is 1.42. The molecule has 3 aromatic rings. The van der Waals surface area contributed by atoms with E-state index >= 15 is 0 Å². The lowest BCUT2D eigenvalue weighted by Gasteiger charge is -2.26. The summed E-state index contributed by atoms with van der Waals surface area (Å²) in [6.07, 6.45) is 0. The summed E-state index contributed by atoms with van der Waals surface area (Å²) in [6.45, 7) is 1.89. The third-order valence-corrected chi connectivity index (χ3v) is 5.62. The minimum Gasteiger partial charge on any atom is -0.507 e. The van der Waals surface area contributed by atoms with E-state index in [1.807, 2.05) is 6.92 Å². The highest BCUT2D eigenvalue weighted by molar-refractivity contribution is 6.51. The molecule has 33 heavy (non-hydrogen) atoms. The number of carbonyl (C=O) groups is 2. The van der Waals surface area contributed by atoms with Crippen molar-refractivity contribution in [2.45, 2.75) is 13.0 Å². The molecule has 4 rings (SSSR count). The fraction of sp³-hybridized carbons (Fsp3) is 0.154. The lowest BCUT2D eigenvalue weighted by Crippen LogP contribution is -2.29. The number of aliphatic hydroxyl groups excluding tert-OH is 1. The molecule has 1 aliphatic heterocycles. The molecule has 168 valence electrons.